The van der Waals surface area contributed by atoms with Gasteiger partial charge in [0.1, 0.15) is 5.82 Å². The number of aromatic nitrogens is 1. The van der Waals surface area contributed by atoms with Crippen molar-refractivity contribution in [2.24, 2.45) is 0 Å². The Labute approximate surface area is 126 Å². The summed E-state index contributed by atoms with van der Waals surface area (Å²) >= 11 is 0. The van der Waals surface area contributed by atoms with Crippen LogP contribution in [0, 0.1) is 5.41 Å². The number of nitrogens with one attached hydrogen (secondary N) is 3. The van der Waals surface area contributed by atoms with Gasteiger partial charge in [-0.25, -0.2) is 4.98 Å². The number of hydrogen-bond acceptors (Lipinski definition) is 2. The number of benzene rings is 1. The molecule has 2 aromatic rings. The van der Waals surface area contributed by atoms with Gasteiger partial charge in [0.25, 0.3) is 0 Å². The molecule has 4 nitrogen and oxygen atoms in total. The Morgan fingerprint density at radius 3 is 2.67 bits per heavy atom. The lowest BCUT2D eigenvalue weighted by atomic mass is 10.1. The van der Waals surface area contributed by atoms with Crippen LogP contribution in [-0.4, -0.2) is 17.5 Å². The Morgan fingerprint density at radius 2 is 1.90 bits per heavy atom. The van der Waals surface area contributed by atoms with Crippen molar-refractivity contribution in [2.75, 3.05) is 11.9 Å². The normalized spacial score (nSPS) is 10.1. The summed E-state index contributed by atoms with van der Waals surface area (Å²) in [7, 11) is 0. The van der Waals surface area contributed by atoms with Crippen molar-refractivity contribution in [1.29, 1.82) is 5.41 Å². The molecule has 110 valence electrons. The van der Waals surface area contributed by atoms with E-state index in [0.29, 0.717) is 11.8 Å². The van der Waals surface area contributed by atoms with Gasteiger partial charge in [0.2, 0.25) is 0 Å². The van der Waals surface area contributed by atoms with Crippen molar-refractivity contribution in [3.05, 3.63) is 59.8 Å². The molecule has 0 radical (unpaired) electrons. The van der Waals surface area contributed by atoms with Gasteiger partial charge < -0.3 is 10.6 Å². The van der Waals surface area contributed by atoms with Crippen molar-refractivity contribution in [2.45, 2.75) is 26.2 Å². The van der Waals surface area contributed by atoms with E-state index in [4.69, 9.17) is 5.41 Å². The third kappa shape index (κ3) is 5.26. The lowest BCUT2D eigenvalue weighted by Gasteiger charge is -2.10. The topological polar surface area (TPSA) is 60.8 Å². The summed E-state index contributed by atoms with van der Waals surface area (Å²) in [5.74, 6) is 1.00. The second kappa shape index (κ2) is 8.04. The monoisotopic (exact) mass is 282 g/mol. The highest BCUT2D eigenvalue weighted by Crippen LogP contribution is 2.10. The average molecular weight is 282 g/mol. The van der Waals surface area contributed by atoms with E-state index >= 15 is 0 Å². The van der Waals surface area contributed by atoms with Crippen molar-refractivity contribution >= 4 is 11.8 Å². The predicted molar refractivity (Wildman–Crippen MR) is 87.7 cm³/mol. The van der Waals surface area contributed by atoms with Crippen LogP contribution in [0.2, 0.25) is 0 Å². The number of pyridine rings is 1. The molecule has 0 amide bonds. The van der Waals surface area contributed by atoms with Crippen LogP contribution >= 0.6 is 0 Å². The van der Waals surface area contributed by atoms with Crippen LogP contribution in [0.1, 0.15) is 31.0 Å². The average Bonchev–Trinajstić information content (AvgIpc) is 2.49. The van der Waals surface area contributed by atoms with E-state index in [9.17, 15) is 0 Å². The molecular formula is C17H22N4. The molecule has 3 N–H and O–H groups in total. The third-order valence-electron chi connectivity index (χ3n) is 3.12. The fraction of sp³-hybridized carbons (Fsp3) is 0.294. The van der Waals surface area contributed by atoms with Gasteiger partial charge in [-0.05, 0) is 24.1 Å². The largest absolute Gasteiger partial charge is 0.356 e. The first-order valence-electron chi connectivity index (χ1n) is 7.37. The summed E-state index contributed by atoms with van der Waals surface area (Å²) in [6, 6.07) is 16.1. The molecular weight excluding hydrogens is 260 g/mol. The fourth-order valence-corrected chi connectivity index (χ4v) is 2.02. The van der Waals surface area contributed by atoms with E-state index in [1.807, 2.05) is 36.4 Å². The van der Waals surface area contributed by atoms with E-state index in [2.05, 4.69) is 34.7 Å². The molecule has 2 rings (SSSR count). The summed E-state index contributed by atoms with van der Waals surface area (Å²) in [5.41, 5.74) is 2.23. The maximum atomic E-state index is 7.83. The van der Waals surface area contributed by atoms with Gasteiger partial charge in [-0.15, -0.1) is 0 Å². The second-order valence-corrected chi connectivity index (χ2v) is 4.96. The molecule has 0 spiro atoms. The van der Waals surface area contributed by atoms with Crippen molar-refractivity contribution in [3.63, 3.8) is 0 Å². The lowest BCUT2D eigenvalue weighted by Crippen LogP contribution is -2.30. The quantitative estimate of drug-likeness (QED) is 0.432. The number of hydrogen-bond donors (Lipinski definition) is 3. The zero-order chi connectivity index (χ0) is 14.9. The van der Waals surface area contributed by atoms with Crippen LogP contribution in [0.25, 0.3) is 0 Å². The van der Waals surface area contributed by atoms with Crippen LogP contribution in [0.4, 0.5) is 5.82 Å². The highest BCUT2D eigenvalue weighted by Gasteiger charge is 2.01. The Kier molecular flexibility index (Phi) is 5.76. The first kappa shape index (κ1) is 15.0. The predicted octanol–water partition coefficient (Wildman–Crippen LogP) is 3.41. The first-order chi connectivity index (χ1) is 10.3. The van der Waals surface area contributed by atoms with E-state index in [-0.39, 0.29) is 0 Å². The molecule has 4 heteroatoms. The van der Waals surface area contributed by atoms with E-state index in [1.165, 1.54) is 5.56 Å². The minimum atomic E-state index is 0.299. The van der Waals surface area contributed by atoms with Crippen LogP contribution in [0.5, 0.6) is 0 Å². The van der Waals surface area contributed by atoms with Gasteiger partial charge in [0.15, 0.2) is 5.96 Å². The molecule has 0 fully saturated rings. The van der Waals surface area contributed by atoms with Gasteiger partial charge in [0, 0.05) is 18.7 Å². The van der Waals surface area contributed by atoms with E-state index < -0.39 is 0 Å². The SMILES string of the molecule is CCCCNC(=N)Nc1cccc(Cc2ccccc2)n1. The first-order valence-corrected chi connectivity index (χ1v) is 7.37. The highest BCUT2D eigenvalue weighted by atomic mass is 15.2. The number of unbranched alkanes of at least 4 members (excludes halogenated alkanes) is 1. The van der Waals surface area contributed by atoms with Crippen LogP contribution in [0.15, 0.2) is 48.5 Å². The fourth-order valence-electron chi connectivity index (χ4n) is 2.02. The second-order valence-electron chi connectivity index (χ2n) is 4.96. The molecule has 0 aliphatic heterocycles. The molecule has 0 atom stereocenters. The number of anilines is 1. The van der Waals surface area contributed by atoms with E-state index in [0.717, 1.165) is 31.5 Å². The molecule has 1 aromatic heterocycles. The molecule has 1 aromatic carbocycles. The van der Waals surface area contributed by atoms with Crippen LogP contribution in [0.3, 0.4) is 0 Å². The van der Waals surface area contributed by atoms with Crippen molar-refractivity contribution in [1.82, 2.24) is 10.3 Å². The van der Waals surface area contributed by atoms with Crippen molar-refractivity contribution in [3.8, 4) is 0 Å². The minimum Gasteiger partial charge on any atom is -0.356 e. The molecule has 0 aliphatic carbocycles. The third-order valence-corrected chi connectivity index (χ3v) is 3.12. The lowest BCUT2D eigenvalue weighted by molar-refractivity contribution is 0.751. The smallest absolute Gasteiger partial charge is 0.194 e. The van der Waals surface area contributed by atoms with Crippen molar-refractivity contribution < 1.29 is 0 Å². The van der Waals surface area contributed by atoms with Crippen LogP contribution < -0.4 is 10.6 Å². The summed E-state index contributed by atoms with van der Waals surface area (Å²) in [6.07, 6.45) is 2.98. The van der Waals surface area contributed by atoms with Crippen LogP contribution in [-0.2, 0) is 6.42 Å². The molecule has 0 saturated carbocycles. The minimum absolute atomic E-state index is 0.299. The van der Waals surface area contributed by atoms with Gasteiger partial charge in [0.05, 0.1) is 0 Å². The highest BCUT2D eigenvalue weighted by molar-refractivity contribution is 5.90. The summed E-state index contributed by atoms with van der Waals surface area (Å²) in [6.45, 7) is 2.94. The molecule has 21 heavy (non-hydrogen) atoms. The Hall–Kier alpha value is -2.36. The molecule has 0 unspecified atom stereocenters. The van der Waals surface area contributed by atoms with E-state index in [1.54, 1.807) is 0 Å². The van der Waals surface area contributed by atoms with Gasteiger partial charge in [-0.1, -0.05) is 49.7 Å². The van der Waals surface area contributed by atoms with Gasteiger partial charge in [-0.2, -0.15) is 0 Å². The zero-order valence-corrected chi connectivity index (χ0v) is 12.4. The molecule has 1 heterocycles. The summed E-state index contributed by atoms with van der Waals surface area (Å²) in [5, 5.41) is 13.9. The number of rotatable bonds is 6. The molecule has 0 saturated heterocycles. The maximum Gasteiger partial charge on any atom is 0.194 e. The maximum absolute atomic E-state index is 7.83. The Balaban J connectivity index is 1.93. The molecule has 0 aliphatic rings. The Bertz CT molecular complexity index is 566. The van der Waals surface area contributed by atoms with Gasteiger partial charge >= 0.3 is 0 Å². The number of guanidine groups is 1. The zero-order valence-electron chi connectivity index (χ0n) is 12.4. The van der Waals surface area contributed by atoms with Gasteiger partial charge in [-0.3, -0.25) is 5.41 Å². The molecule has 0 bridgehead atoms. The summed E-state index contributed by atoms with van der Waals surface area (Å²) < 4.78 is 0. The Morgan fingerprint density at radius 1 is 1.10 bits per heavy atom. The summed E-state index contributed by atoms with van der Waals surface area (Å²) in [4.78, 5) is 4.54. The standard InChI is InChI=1S/C17H22N4/c1-2-3-12-19-17(18)21-16-11-7-10-15(20-16)13-14-8-5-4-6-9-14/h4-11H,2-3,12-13H2,1H3,(H3,18,19,20,21). The number of nitrogens with zero attached hydrogens (tertiary/aromatic N) is 1.